The molecule has 3 rings (SSSR count). The van der Waals surface area contributed by atoms with Crippen molar-refractivity contribution in [3.05, 3.63) is 95.3 Å². The van der Waals surface area contributed by atoms with Crippen LogP contribution in [0.15, 0.2) is 82.6 Å². The van der Waals surface area contributed by atoms with Crippen molar-refractivity contribution in [2.75, 3.05) is 0 Å². The van der Waals surface area contributed by atoms with Gasteiger partial charge in [-0.15, -0.1) is 0 Å². The number of aliphatic hydroxyl groups excluding tert-OH is 1. The predicted octanol–water partition coefficient (Wildman–Crippen LogP) is 4.75. The van der Waals surface area contributed by atoms with Crippen LogP contribution in [0.2, 0.25) is 0 Å². The molecule has 0 amide bonds. The van der Waals surface area contributed by atoms with Gasteiger partial charge in [-0.05, 0) is 60.4 Å². The average Bonchev–Trinajstić information content (AvgIpc) is 2.68. The van der Waals surface area contributed by atoms with Gasteiger partial charge in [0.1, 0.15) is 5.82 Å². The first kappa shape index (κ1) is 20.0. The normalized spacial score (nSPS) is 13.0. The molecule has 0 fully saturated rings. The lowest BCUT2D eigenvalue weighted by Crippen LogP contribution is -2.10. The highest BCUT2D eigenvalue weighted by Gasteiger charge is 2.21. The smallest absolute Gasteiger partial charge is 0.206 e. The molecule has 5 heteroatoms. The first-order chi connectivity index (χ1) is 13.4. The fourth-order valence-corrected chi connectivity index (χ4v) is 4.41. The molecule has 3 aromatic carbocycles. The van der Waals surface area contributed by atoms with Crippen molar-refractivity contribution in [3.8, 4) is 0 Å². The Kier molecular flexibility index (Phi) is 6.07. The molecule has 0 spiro atoms. The van der Waals surface area contributed by atoms with E-state index in [-0.39, 0.29) is 22.0 Å². The lowest BCUT2D eigenvalue weighted by Gasteiger charge is -2.12. The summed E-state index contributed by atoms with van der Waals surface area (Å²) in [7, 11) is -3.68. The molecule has 1 N–H and O–H groups in total. The summed E-state index contributed by atoms with van der Waals surface area (Å²) >= 11 is 0. The van der Waals surface area contributed by atoms with Crippen LogP contribution in [-0.2, 0) is 16.3 Å². The molecule has 0 aliphatic heterocycles. The lowest BCUT2D eigenvalue weighted by atomic mass is 10.1. The Morgan fingerprint density at radius 1 is 0.893 bits per heavy atom. The Balaban J connectivity index is 1.85. The van der Waals surface area contributed by atoms with Crippen LogP contribution in [0.5, 0.6) is 0 Å². The standard InChI is InChI=1S/C23H21FO3S/c1-17(25)16-20-4-2-3-5-23(20)28(26,27)22-14-10-19(11-15-22)7-6-18-8-12-21(24)13-9-18/h2-15,17,25H,16H2,1H3/b7-6+. The number of halogens is 1. The van der Waals surface area contributed by atoms with Gasteiger partial charge in [-0.1, -0.05) is 54.6 Å². The van der Waals surface area contributed by atoms with E-state index in [0.29, 0.717) is 5.56 Å². The first-order valence-electron chi connectivity index (χ1n) is 8.91. The van der Waals surface area contributed by atoms with Crippen molar-refractivity contribution in [3.63, 3.8) is 0 Å². The molecule has 0 saturated heterocycles. The number of benzene rings is 3. The van der Waals surface area contributed by atoms with E-state index in [0.717, 1.165) is 11.1 Å². The van der Waals surface area contributed by atoms with Crippen LogP contribution in [-0.4, -0.2) is 19.6 Å². The Morgan fingerprint density at radius 2 is 1.43 bits per heavy atom. The third-order valence-corrected chi connectivity index (χ3v) is 6.18. The van der Waals surface area contributed by atoms with Crippen LogP contribution in [0, 0.1) is 5.82 Å². The zero-order chi connectivity index (χ0) is 20.1. The Morgan fingerprint density at radius 3 is 2.00 bits per heavy atom. The van der Waals surface area contributed by atoms with Crippen molar-refractivity contribution in [2.45, 2.75) is 29.2 Å². The van der Waals surface area contributed by atoms with E-state index in [4.69, 9.17) is 0 Å². The van der Waals surface area contributed by atoms with Crippen molar-refractivity contribution >= 4 is 22.0 Å². The topological polar surface area (TPSA) is 54.4 Å². The van der Waals surface area contributed by atoms with Crippen LogP contribution in [0.25, 0.3) is 12.2 Å². The van der Waals surface area contributed by atoms with Crippen LogP contribution in [0.4, 0.5) is 4.39 Å². The van der Waals surface area contributed by atoms with Crippen molar-refractivity contribution in [1.29, 1.82) is 0 Å². The van der Waals surface area contributed by atoms with Crippen LogP contribution >= 0.6 is 0 Å². The molecule has 0 saturated carbocycles. The fourth-order valence-electron chi connectivity index (χ4n) is 2.90. The third-order valence-electron chi connectivity index (χ3n) is 4.31. The summed E-state index contributed by atoms with van der Waals surface area (Å²) in [5.74, 6) is -0.289. The molecule has 1 unspecified atom stereocenters. The highest BCUT2D eigenvalue weighted by Crippen LogP contribution is 2.25. The molecule has 0 aromatic heterocycles. The van der Waals surface area contributed by atoms with Crippen LogP contribution in [0.3, 0.4) is 0 Å². The minimum absolute atomic E-state index is 0.199. The maximum atomic E-state index is 13.0. The average molecular weight is 396 g/mol. The van der Waals surface area contributed by atoms with Crippen LogP contribution < -0.4 is 0 Å². The molecule has 28 heavy (non-hydrogen) atoms. The Labute approximate surface area is 164 Å². The number of hydrogen-bond acceptors (Lipinski definition) is 3. The first-order valence-corrected chi connectivity index (χ1v) is 10.4. The van der Waals surface area contributed by atoms with Crippen molar-refractivity contribution in [2.24, 2.45) is 0 Å². The van der Waals surface area contributed by atoms with Gasteiger partial charge in [0.05, 0.1) is 15.9 Å². The van der Waals surface area contributed by atoms with E-state index in [1.165, 1.54) is 12.1 Å². The molecule has 0 aliphatic rings. The van der Waals surface area contributed by atoms with Crippen LogP contribution in [0.1, 0.15) is 23.6 Å². The van der Waals surface area contributed by atoms with Gasteiger partial charge in [0.25, 0.3) is 0 Å². The van der Waals surface area contributed by atoms with Gasteiger partial charge in [-0.3, -0.25) is 0 Å². The zero-order valence-corrected chi connectivity index (χ0v) is 16.2. The molecule has 1 atom stereocenters. The Bertz CT molecular complexity index is 1070. The third kappa shape index (κ3) is 4.74. The molecule has 0 bridgehead atoms. The highest BCUT2D eigenvalue weighted by atomic mass is 32.2. The molecule has 0 aliphatic carbocycles. The van der Waals surface area contributed by atoms with E-state index in [1.807, 2.05) is 12.2 Å². The minimum atomic E-state index is -3.68. The molecule has 3 nitrogen and oxygen atoms in total. The number of rotatable bonds is 6. The fraction of sp³-hybridized carbons (Fsp3) is 0.130. The highest BCUT2D eigenvalue weighted by molar-refractivity contribution is 7.91. The summed E-state index contributed by atoms with van der Waals surface area (Å²) in [5.41, 5.74) is 2.28. The number of hydrogen-bond donors (Lipinski definition) is 1. The number of sulfone groups is 1. The van der Waals surface area contributed by atoms with Gasteiger partial charge in [0.15, 0.2) is 0 Å². The van der Waals surface area contributed by atoms with E-state index in [9.17, 15) is 17.9 Å². The van der Waals surface area contributed by atoms with Gasteiger partial charge >= 0.3 is 0 Å². The summed E-state index contributed by atoms with van der Waals surface area (Å²) < 4.78 is 39.0. The van der Waals surface area contributed by atoms with Crippen molar-refractivity contribution in [1.82, 2.24) is 0 Å². The molecular weight excluding hydrogens is 375 g/mol. The second kappa shape index (κ2) is 8.50. The summed E-state index contributed by atoms with van der Waals surface area (Å²) in [6, 6.07) is 19.4. The van der Waals surface area contributed by atoms with E-state index < -0.39 is 15.9 Å². The lowest BCUT2D eigenvalue weighted by molar-refractivity contribution is 0.194. The van der Waals surface area contributed by atoms with Gasteiger partial charge in [-0.2, -0.15) is 0 Å². The maximum Gasteiger partial charge on any atom is 0.206 e. The number of aliphatic hydroxyl groups is 1. The van der Waals surface area contributed by atoms with Gasteiger partial charge in [-0.25, -0.2) is 12.8 Å². The van der Waals surface area contributed by atoms with Gasteiger partial charge in [0.2, 0.25) is 9.84 Å². The summed E-state index contributed by atoms with van der Waals surface area (Å²) in [4.78, 5) is 0.412. The monoisotopic (exact) mass is 396 g/mol. The zero-order valence-electron chi connectivity index (χ0n) is 15.4. The van der Waals surface area contributed by atoms with E-state index >= 15 is 0 Å². The molecule has 0 radical (unpaired) electrons. The largest absolute Gasteiger partial charge is 0.393 e. The van der Waals surface area contributed by atoms with E-state index in [1.54, 1.807) is 67.6 Å². The Hall–Kier alpha value is -2.76. The summed E-state index contributed by atoms with van der Waals surface area (Å²) in [6.07, 6.45) is 3.31. The molecule has 3 aromatic rings. The van der Waals surface area contributed by atoms with Gasteiger partial charge < -0.3 is 5.11 Å². The molecular formula is C23H21FO3S. The minimum Gasteiger partial charge on any atom is -0.393 e. The van der Waals surface area contributed by atoms with Crippen molar-refractivity contribution < 1.29 is 17.9 Å². The summed E-state index contributed by atoms with van der Waals surface area (Å²) in [6.45, 7) is 1.63. The maximum absolute atomic E-state index is 13.0. The quantitative estimate of drug-likeness (QED) is 0.612. The SMILES string of the molecule is CC(O)Cc1ccccc1S(=O)(=O)c1ccc(/C=C/c2ccc(F)cc2)cc1. The predicted molar refractivity (Wildman–Crippen MR) is 109 cm³/mol. The van der Waals surface area contributed by atoms with Gasteiger partial charge in [0, 0.05) is 0 Å². The second-order valence-electron chi connectivity index (χ2n) is 6.62. The molecule has 0 heterocycles. The van der Waals surface area contributed by atoms with E-state index in [2.05, 4.69) is 0 Å². The second-order valence-corrected chi connectivity index (χ2v) is 8.54. The molecule has 144 valence electrons. The summed E-state index contributed by atoms with van der Waals surface area (Å²) in [5, 5.41) is 9.65.